The van der Waals surface area contributed by atoms with Gasteiger partial charge in [-0.2, -0.15) is 0 Å². The summed E-state index contributed by atoms with van der Waals surface area (Å²) in [7, 11) is 0. The zero-order chi connectivity index (χ0) is 22.3. The van der Waals surface area contributed by atoms with Crippen LogP contribution < -0.4 is 10.6 Å². The van der Waals surface area contributed by atoms with Crippen LogP contribution in [0.25, 0.3) is 0 Å². The number of rotatable bonds is 8. The number of benzene rings is 2. The van der Waals surface area contributed by atoms with Crippen molar-refractivity contribution in [1.82, 2.24) is 5.32 Å². The molecule has 0 aliphatic rings. The van der Waals surface area contributed by atoms with E-state index in [0.29, 0.717) is 5.69 Å². The van der Waals surface area contributed by atoms with Gasteiger partial charge in [-0.3, -0.25) is 9.59 Å². The molecular weight excluding hydrogens is 387 g/mol. The third-order valence-corrected chi connectivity index (χ3v) is 4.53. The van der Waals surface area contributed by atoms with Crippen molar-refractivity contribution in [3.05, 3.63) is 65.5 Å². The summed E-state index contributed by atoms with van der Waals surface area (Å²) in [5.41, 5.74) is 1.45. The summed E-state index contributed by atoms with van der Waals surface area (Å²) in [5.74, 6) is -2.77. The smallest absolute Gasteiger partial charge is 0.329 e. The largest absolute Gasteiger partial charge is 0.454 e. The average molecular weight is 414 g/mol. The van der Waals surface area contributed by atoms with Crippen LogP contribution in [0.2, 0.25) is 0 Å². The van der Waals surface area contributed by atoms with E-state index in [1.165, 1.54) is 18.2 Å². The van der Waals surface area contributed by atoms with Crippen molar-refractivity contribution < 1.29 is 23.5 Å². The first kappa shape index (κ1) is 23.1. The molecule has 6 nitrogen and oxygen atoms in total. The number of para-hydroxylation sites is 1. The van der Waals surface area contributed by atoms with Crippen LogP contribution in [0, 0.1) is 11.7 Å². The van der Waals surface area contributed by atoms with Crippen molar-refractivity contribution in [3.63, 3.8) is 0 Å². The van der Waals surface area contributed by atoms with Crippen molar-refractivity contribution in [2.45, 2.75) is 39.7 Å². The summed E-state index contributed by atoms with van der Waals surface area (Å²) >= 11 is 0. The van der Waals surface area contributed by atoms with Crippen molar-refractivity contribution >= 4 is 23.5 Å². The van der Waals surface area contributed by atoms with Crippen LogP contribution in [0.15, 0.2) is 48.5 Å². The molecule has 0 aliphatic heterocycles. The standard InChI is InChI=1S/C23H27FN2O4/c1-14(2)16-9-6-8-12-19(16)25-20(27)13-30-23(29)21(15(3)4)26-22(28)17-10-5-7-11-18(17)24/h5-12,14-15,21H,13H2,1-4H3,(H,25,27)(H,26,28)/t21-/m0/s1. The zero-order valence-electron chi connectivity index (χ0n) is 17.6. The first-order chi connectivity index (χ1) is 14.2. The molecule has 0 spiro atoms. The van der Waals surface area contributed by atoms with Crippen molar-refractivity contribution in [2.24, 2.45) is 5.92 Å². The number of carbonyl (C=O) groups is 3. The van der Waals surface area contributed by atoms with Crippen molar-refractivity contribution in [3.8, 4) is 0 Å². The van der Waals surface area contributed by atoms with E-state index < -0.39 is 36.2 Å². The van der Waals surface area contributed by atoms with E-state index in [9.17, 15) is 18.8 Å². The molecule has 2 aromatic rings. The summed E-state index contributed by atoms with van der Waals surface area (Å²) in [6, 6.07) is 11.9. The number of amides is 2. The lowest BCUT2D eigenvalue weighted by molar-refractivity contribution is -0.150. The van der Waals surface area contributed by atoms with Gasteiger partial charge in [-0.1, -0.05) is 58.0 Å². The van der Waals surface area contributed by atoms with Gasteiger partial charge in [0.15, 0.2) is 6.61 Å². The number of halogens is 1. The number of anilines is 1. The van der Waals surface area contributed by atoms with Crippen LogP contribution in [0.3, 0.4) is 0 Å². The predicted molar refractivity (Wildman–Crippen MR) is 113 cm³/mol. The fraction of sp³-hybridized carbons (Fsp3) is 0.348. The molecule has 160 valence electrons. The van der Waals surface area contributed by atoms with Crippen LogP contribution in [-0.4, -0.2) is 30.4 Å². The minimum absolute atomic E-state index is 0.168. The van der Waals surface area contributed by atoms with E-state index in [-0.39, 0.29) is 17.4 Å². The summed E-state index contributed by atoms with van der Waals surface area (Å²) in [5, 5.41) is 5.22. The molecule has 0 unspecified atom stereocenters. The van der Waals surface area contributed by atoms with Gasteiger partial charge in [0.1, 0.15) is 11.9 Å². The minimum Gasteiger partial charge on any atom is -0.454 e. The van der Waals surface area contributed by atoms with Gasteiger partial charge in [-0.05, 0) is 35.6 Å². The summed E-state index contributed by atoms with van der Waals surface area (Å²) in [6.07, 6.45) is 0. The zero-order valence-corrected chi connectivity index (χ0v) is 17.6. The SMILES string of the molecule is CC(C)c1ccccc1NC(=O)COC(=O)[C@@H](NC(=O)c1ccccc1F)C(C)C. The Labute approximate surface area is 175 Å². The molecule has 7 heteroatoms. The Morgan fingerprint density at radius 2 is 1.60 bits per heavy atom. The van der Waals surface area contributed by atoms with E-state index in [4.69, 9.17) is 4.74 Å². The van der Waals surface area contributed by atoms with Gasteiger partial charge in [-0.15, -0.1) is 0 Å². The maximum absolute atomic E-state index is 13.8. The highest BCUT2D eigenvalue weighted by Crippen LogP contribution is 2.23. The third kappa shape index (κ3) is 6.14. The fourth-order valence-electron chi connectivity index (χ4n) is 2.89. The molecule has 30 heavy (non-hydrogen) atoms. The predicted octanol–water partition coefficient (Wildman–Crippen LogP) is 3.89. The molecule has 1 atom stereocenters. The van der Waals surface area contributed by atoms with E-state index >= 15 is 0 Å². The average Bonchev–Trinajstić information content (AvgIpc) is 2.70. The van der Waals surface area contributed by atoms with Gasteiger partial charge < -0.3 is 15.4 Å². The number of hydrogen-bond acceptors (Lipinski definition) is 4. The molecule has 0 bridgehead atoms. The first-order valence-corrected chi connectivity index (χ1v) is 9.81. The van der Waals surface area contributed by atoms with Crippen LogP contribution in [0.4, 0.5) is 10.1 Å². The first-order valence-electron chi connectivity index (χ1n) is 9.81. The Kier molecular flexibility index (Phi) is 8.09. The highest BCUT2D eigenvalue weighted by molar-refractivity contribution is 5.98. The highest BCUT2D eigenvalue weighted by atomic mass is 19.1. The lowest BCUT2D eigenvalue weighted by Gasteiger charge is -2.21. The van der Waals surface area contributed by atoms with Crippen LogP contribution in [0.1, 0.15) is 49.5 Å². The van der Waals surface area contributed by atoms with Crippen molar-refractivity contribution in [1.29, 1.82) is 0 Å². The van der Waals surface area contributed by atoms with Gasteiger partial charge in [-0.25, -0.2) is 9.18 Å². The molecule has 0 saturated heterocycles. The summed E-state index contributed by atoms with van der Waals surface area (Å²) < 4.78 is 18.9. The molecule has 0 aliphatic carbocycles. The quantitative estimate of drug-likeness (QED) is 0.642. The topological polar surface area (TPSA) is 84.5 Å². The molecule has 0 fully saturated rings. The number of esters is 1. The van der Waals surface area contributed by atoms with Gasteiger partial charge >= 0.3 is 5.97 Å². The number of carbonyl (C=O) groups excluding carboxylic acids is 3. The fourth-order valence-corrected chi connectivity index (χ4v) is 2.89. The van der Waals surface area contributed by atoms with Gasteiger partial charge in [0.25, 0.3) is 11.8 Å². The number of nitrogens with one attached hydrogen (secondary N) is 2. The van der Waals surface area contributed by atoms with Crippen LogP contribution >= 0.6 is 0 Å². The molecular formula is C23H27FN2O4. The summed E-state index contributed by atoms with van der Waals surface area (Å²) in [4.78, 5) is 37.0. The molecule has 2 amide bonds. The minimum atomic E-state index is -1.02. The second kappa shape index (κ2) is 10.5. The maximum atomic E-state index is 13.8. The van der Waals surface area contributed by atoms with Crippen LogP contribution in [-0.2, 0) is 14.3 Å². The van der Waals surface area contributed by atoms with E-state index in [2.05, 4.69) is 10.6 Å². The molecule has 0 aromatic heterocycles. The van der Waals surface area contributed by atoms with Crippen LogP contribution in [0.5, 0.6) is 0 Å². The van der Waals surface area contributed by atoms with E-state index in [1.807, 2.05) is 26.0 Å². The Morgan fingerprint density at radius 1 is 0.967 bits per heavy atom. The lowest BCUT2D eigenvalue weighted by Crippen LogP contribution is -2.46. The second-order valence-corrected chi connectivity index (χ2v) is 7.57. The molecule has 0 saturated carbocycles. The highest BCUT2D eigenvalue weighted by Gasteiger charge is 2.27. The van der Waals surface area contributed by atoms with Crippen molar-refractivity contribution in [2.75, 3.05) is 11.9 Å². The Bertz CT molecular complexity index is 912. The molecule has 0 heterocycles. The Morgan fingerprint density at radius 3 is 2.23 bits per heavy atom. The maximum Gasteiger partial charge on any atom is 0.329 e. The Hall–Kier alpha value is -3.22. The second-order valence-electron chi connectivity index (χ2n) is 7.57. The summed E-state index contributed by atoms with van der Waals surface area (Å²) in [6.45, 7) is 6.95. The monoisotopic (exact) mass is 414 g/mol. The molecule has 2 aromatic carbocycles. The van der Waals surface area contributed by atoms with Gasteiger partial charge in [0.05, 0.1) is 5.56 Å². The Balaban J connectivity index is 1.98. The molecule has 2 N–H and O–H groups in total. The van der Waals surface area contributed by atoms with E-state index in [1.54, 1.807) is 26.0 Å². The number of hydrogen-bond donors (Lipinski definition) is 2. The van der Waals surface area contributed by atoms with Gasteiger partial charge in [0.2, 0.25) is 0 Å². The lowest BCUT2D eigenvalue weighted by atomic mass is 10.0. The normalized spacial score (nSPS) is 11.8. The molecule has 2 rings (SSSR count). The van der Waals surface area contributed by atoms with Gasteiger partial charge in [0, 0.05) is 5.69 Å². The molecule has 0 radical (unpaired) electrons. The third-order valence-electron chi connectivity index (χ3n) is 4.53. The van der Waals surface area contributed by atoms with E-state index in [0.717, 1.165) is 11.6 Å². The number of ether oxygens (including phenoxy) is 1.